The van der Waals surface area contributed by atoms with Crippen LogP contribution in [0.5, 0.6) is 5.75 Å². The van der Waals surface area contributed by atoms with Gasteiger partial charge in [0, 0.05) is 18.6 Å². The van der Waals surface area contributed by atoms with Gasteiger partial charge in [0.05, 0.1) is 30.9 Å². The number of hydrogen-bond donors (Lipinski definition) is 1. The van der Waals surface area contributed by atoms with Crippen LogP contribution in [0.3, 0.4) is 0 Å². The molecule has 0 saturated heterocycles. The Morgan fingerprint density at radius 3 is 2.65 bits per heavy atom. The Hall–Kier alpha value is -2.86. The zero-order valence-electron chi connectivity index (χ0n) is 13.2. The van der Waals surface area contributed by atoms with Gasteiger partial charge in [0.2, 0.25) is 5.91 Å². The number of rotatable bonds is 4. The predicted molar refractivity (Wildman–Crippen MR) is 88.3 cm³/mol. The lowest BCUT2D eigenvalue weighted by molar-refractivity contribution is -0.122. The molecule has 0 saturated carbocycles. The summed E-state index contributed by atoms with van der Waals surface area (Å²) < 4.78 is 5.22. The molecule has 3 aromatic rings. The second-order valence-electron chi connectivity index (χ2n) is 4.98. The summed E-state index contributed by atoms with van der Waals surface area (Å²) in [7, 11) is 3.08. The summed E-state index contributed by atoms with van der Waals surface area (Å²) in [4.78, 5) is 24.8. The normalized spacial score (nSPS) is 10.7. The highest BCUT2D eigenvalue weighted by atomic mass is 16.7. The lowest BCUT2D eigenvalue weighted by Gasteiger charge is -2.20. The minimum atomic E-state index is -0.210. The van der Waals surface area contributed by atoms with Crippen LogP contribution in [0.25, 0.3) is 22.4 Å². The van der Waals surface area contributed by atoms with Gasteiger partial charge in [-0.05, 0) is 24.3 Å². The van der Waals surface area contributed by atoms with Gasteiger partial charge in [-0.3, -0.25) is 9.63 Å². The highest BCUT2D eigenvalue weighted by Crippen LogP contribution is 2.31. The van der Waals surface area contributed by atoms with Gasteiger partial charge < -0.3 is 9.72 Å². The van der Waals surface area contributed by atoms with Crippen LogP contribution in [0.4, 0.5) is 5.69 Å². The number of anilines is 1. The van der Waals surface area contributed by atoms with E-state index in [1.165, 1.54) is 19.1 Å². The molecule has 1 N–H and O–H groups in total. The maximum absolute atomic E-state index is 11.8. The molecule has 0 aliphatic rings. The van der Waals surface area contributed by atoms with Gasteiger partial charge >= 0.3 is 0 Å². The number of aromatic nitrogens is 2. The van der Waals surface area contributed by atoms with E-state index in [0.717, 1.165) is 22.3 Å². The van der Waals surface area contributed by atoms with Crippen LogP contribution in [0.15, 0.2) is 42.5 Å². The molecule has 0 atom stereocenters. The number of imidazole rings is 1. The van der Waals surface area contributed by atoms with E-state index in [-0.39, 0.29) is 5.91 Å². The van der Waals surface area contributed by atoms with Crippen molar-refractivity contribution in [2.24, 2.45) is 0 Å². The van der Waals surface area contributed by atoms with Crippen molar-refractivity contribution in [3.8, 4) is 17.1 Å². The SMILES string of the molecule is COc1ccc2[nH]c(-c3ccccc3N(OC)C(C)=O)nc2c1. The molecule has 0 bridgehead atoms. The Labute approximate surface area is 133 Å². The molecule has 0 aliphatic carbocycles. The van der Waals surface area contributed by atoms with Crippen LogP contribution in [-0.4, -0.2) is 30.1 Å². The Morgan fingerprint density at radius 2 is 1.96 bits per heavy atom. The van der Waals surface area contributed by atoms with E-state index in [2.05, 4.69) is 9.97 Å². The summed E-state index contributed by atoms with van der Waals surface area (Å²) in [6.07, 6.45) is 0. The first-order valence-corrected chi connectivity index (χ1v) is 7.12. The number of aromatic amines is 1. The zero-order chi connectivity index (χ0) is 16.4. The largest absolute Gasteiger partial charge is 0.497 e. The van der Waals surface area contributed by atoms with Crippen LogP contribution >= 0.6 is 0 Å². The van der Waals surface area contributed by atoms with Crippen LogP contribution in [0.2, 0.25) is 0 Å². The molecule has 2 aromatic carbocycles. The van der Waals surface area contributed by atoms with Crippen molar-refractivity contribution in [2.75, 3.05) is 19.3 Å². The maximum Gasteiger partial charge on any atom is 0.247 e. The van der Waals surface area contributed by atoms with Crippen molar-refractivity contribution in [3.63, 3.8) is 0 Å². The Kier molecular flexibility index (Phi) is 3.99. The van der Waals surface area contributed by atoms with E-state index >= 15 is 0 Å². The molecule has 3 rings (SSSR count). The minimum Gasteiger partial charge on any atom is -0.497 e. The first-order valence-electron chi connectivity index (χ1n) is 7.12. The number of nitrogens with zero attached hydrogens (tertiary/aromatic N) is 2. The Balaban J connectivity index is 2.13. The van der Waals surface area contributed by atoms with Gasteiger partial charge in [0.25, 0.3) is 0 Å². The van der Waals surface area contributed by atoms with Gasteiger partial charge in [-0.2, -0.15) is 5.06 Å². The van der Waals surface area contributed by atoms with Crippen LogP contribution in [0.1, 0.15) is 6.92 Å². The number of ether oxygens (including phenoxy) is 1. The third kappa shape index (κ3) is 2.76. The fourth-order valence-corrected chi connectivity index (χ4v) is 2.49. The summed E-state index contributed by atoms with van der Waals surface area (Å²) in [6.45, 7) is 1.45. The third-order valence-corrected chi connectivity index (χ3v) is 3.54. The summed E-state index contributed by atoms with van der Waals surface area (Å²) in [5.41, 5.74) is 3.09. The Bertz CT molecular complexity index is 857. The molecule has 118 valence electrons. The number of hydrogen-bond acceptors (Lipinski definition) is 4. The first kappa shape index (κ1) is 15.1. The smallest absolute Gasteiger partial charge is 0.247 e. The van der Waals surface area contributed by atoms with E-state index in [1.54, 1.807) is 7.11 Å². The van der Waals surface area contributed by atoms with Crippen molar-refractivity contribution >= 4 is 22.6 Å². The van der Waals surface area contributed by atoms with Crippen LogP contribution < -0.4 is 9.80 Å². The topological polar surface area (TPSA) is 67.4 Å². The molecule has 1 amide bonds. The van der Waals surface area contributed by atoms with Crippen molar-refractivity contribution in [1.29, 1.82) is 0 Å². The zero-order valence-corrected chi connectivity index (χ0v) is 13.2. The number of nitrogens with one attached hydrogen (secondary N) is 1. The molecule has 23 heavy (non-hydrogen) atoms. The second-order valence-corrected chi connectivity index (χ2v) is 4.98. The highest BCUT2D eigenvalue weighted by Gasteiger charge is 2.18. The van der Waals surface area contributed by atoms with Crippen molar-refractivity contribution in [1.82, 2.24) is 9.97 Å². The number of hydroxylamine groups is 1. The number of fused-ring (bicyclic) bond motifs is 1. The van der Waals surface area contributed by atoms with E-state index in [0.29, 0.717) is 11.5 Å². The molecule has 6 nitrogen and oxygen atoms in total. The third-order valence-electron chi connectivity index (χ3n) is 3.54. The molecule has 1 aromatic heterocycles. The van der Waals surface area contributed by atoms with Gasteiger partial charge in [-0.1, -0.05) is 12.1 Å². The number of benzene rings is 2. The summed E-state index contributed by atoms with van der Waals surface area (Å²) in [5, 5.41) is 1.24. The quantitative estimate of drug-likeness (QED) is 0.752. The minimum absolute atomic E-state index is 0.210. The van der Waals surface area contributed by atoms with E-state index in [4.69, 9.17) is 9.57 Å². The molecular weight excluding hydrogens is 294 g/mol. The molecule has 6 heteroatoms. The number of carbonyl (C=O) groups is 1. The van der Waals surface area contributed by atoms with Gasteiger partial charge in [-0.25, -0.2) is 4.98 Å². The average molecular weight is 311 g/mol. The van der Waals surface area contributed by atoms with E-state index in [9.17, 15) is 4.79 Å². The van der Waals surface area contributed by atoms with Crippen LogP contribution in [0, 0.1) is 0 Å². The number of carbonyl (C=O) groups excluding carboxylic acids is 1. The molecule has 0 unspecified atom stereocenters. The monoisotopic (exact) mass is 311 g/mol. The van der Waals surface area contributed by atoms with Crippen molar-refractivity contribution in [3.05, 3.63) is 42.5 Å². The van der Waals surface area contributed by atoms with E-state index in [1.807, 2.05) is 42.5 Å². The molecule has 0 fully saturated rings. The van der Waals surface area contributed by atoms with Crippen molar-refractivity contribution in [2.45, 2.75) is 6.92 Å². The summed E-state index contributed by atoms with van der Waals surface area (Å²) >= 11 is 0. The first-order chi connectivity index (χ1) is 11.1. The van der Waals surface area contributed by atoms with Crippen molar-refractivity contribution < 1.29 is 14.4 Å². The molecule has 0 radical (unpaired) electrons. The van der Waals surface area contributed by atoms with Crippen LogP contribution in [-0.2, 0) is 9.63 Å². The van der Waals surface area contributed by atoms with Gasteiger partial charge in [0.15, 0.2) is 0 Å². The predicted octanol–water partition coefficient (Wildman–Crippen LogP) is 3.15. The average Bonchev–Trinajstić information content (AvgIpc) is 2.98. The van der Waals surface area contributed by atoms with Gasteiger partial charge in [-0.15, -0.1) is 0 Å². The van der Waals surface area contributed by atoms with E-state index < -0.39 is 0 Å². The highest BCUT2D eigenvalue weighted by molar-refractivity contribution is 5.94. The fraction of sp³-hybridized carbons (Fsp3) is 0.176. The number of H-pyrrole nitrogens is 1. The number of amides is 1. The molecule has 0 spiro atoms. The number of para-hydroxylation sites is 1. The standard InChI is InChI=1S/C17H17N3O3/c1-11(21)20(23-3)16-7-5-4-6-13(16)17-18-14-9-8-12(22-2)10-15(14)19-17/h4-10H,1-3H3,(H,18,19). The second kappa shape index (κ2) is 6.10. The summed E-state index contributed by atoms with van der Waals surface area (Å²) in [5.74, 6) is 1.19. The lowest BCUT2D eigenvalue weighted by atomic mass is 10.1. The maximum atomic E-state index is 11.8. The Morgan fingerprint density at radius 1 is 1.17 bits per heavy atom. The fourth-order valence-electron chi connectivity index (χ4n) is 2.49. The number of methoxy groups -OCH3 is 1. The molecule has 0 aliphatic heterocycles. The lowest BCUT2D eigenvalue weighted by Crippen LogP contribution is -2.27. The molecular formula is C17H17N3O3. The van der Waals surface area contributed by atoms with Gasteiger partial charge in [0.1, 0.15) is 11.6 Å². The molecule has 1 heterocycles. The summed E-state index contributed by atoms with van der Waals surface area (Å²) in [6, 6.07) is 13.1.